The fourth-order valence-corrected chi connectivity index (χ4v) is 4.70. The molecule has 0 bridgehead atoms. The Morgan fingerprint density at radius 1 is 1.11 bits per heavy atom. The summed E-state index contributed by atoms with van der Waals surface area (Å²) in [5.74, 6) is 0.302. The Morgan fingerprint density at radius 3 is 2.48 bits per heavy atom. The van der Waals surface area contributed by atoms with Gasteiger partial charge in [0.05, 0.1) is 23.2 Å². The maximum atomic E-state index is 12.8. The van der Waals surface area contributed by atoms with Crippen LogP contribution in [0.1, 0.15) is 80.7 Å². The number of nitrogens with one attached hydrogen (secondary N) is 4. The topological polar surface area (TPSA) is 89.3 Å². The summed E-state index contributed by atoms with van der Waals surface area (Å²) in [6.07, 6.45) is 2.75. The fourth-order valence-electron chi connectivity index (χ4n) is 4.70. The van der Waals surface area contributed by atoms with Gasteiger partial charge in [-0.05, 0) is 53.7 Å². The van der Waals surface area contributed by atoms with E-state index in [4.69, 9.17) is 0 Å². The Kier molecular flexibility index (Phi) is 4.35. The van der Waals surface area contributed by atoms with E-state index < -0.39 is 0 Å². The Labute approximate surface area is 160 Å². The van der Waals surface area contributed by atoms with Crippen LogP contribution < -0.4 is 16.0 Å². The van der Waals surface area contributed by atoms with Crippen molar-refractivity contribution in [2.24, 2.45) is 5.92 Å². The number of hydrogen-bond acceptors (Lipinski definition) is 4. The molecule has 1 saturated carbocycles. The molecule has 1 saturated heterocycles. The third kappa shape index (κ3) is 3.06. The molecule has 1 aromatic rings. The van der Waals surface area contributed by atoms with E-state index in [1.807, 2.05) is 20.0 Å². The molecule has 27 heavy (non-hydrogen) atoms. The molecular formula is C20H31N5O2. The van der Waals surface area contributed by atoms with Gasteiger partial charge in [-0.1, -0.05) is 6.42 Å². The zero-order valence-corrected chi connectivity index (χ0v) is 16.8. The Balaban J connectivity index is 1.63. The van der Waals surface area contributed by atoms with Gasteiger partial charge in [-0.15, -0.1) is 0 Å². The molecule has 0 spiro atoms. The van der Waals surface area contributed by atoms with E-state index in [0.29, 0.717) is 0 Å². The SMILES string of the molecule is C[C@H]1NC(=O)c2cc(C3CCCC4C(=O)NC(N(C)C(C)(C)C)NC43)[nH]c21. The lowest BCUT2D eigenvalue weighted by Crippen LogP contribution is -2.70. The van der Waals surface area contributed by atoms with E-state index in [1.54, 1.807) is 0 Å². The molecule has 1 aliphatic carbocycles. The monoisotopic (exact) mass is 373 g/mol. The number of carbonyl (C=O) groups is 2. The van der Waals surface area contributed by atoms with Crippen molar-refractivity contribution in [1.82, 2.24) is 25.8 Å². The van der Waals surface area contributed by atoms with Crippen LogP contribution in [0.15, 0.2) is 6.07 Å². The largest absolute Gasteiger partial charge is 0.360 e. The summed E-state index contributed by atoms with van der Waals surface area (Å²) in [5, 5.41) is 9.79. The summed E-state index contributed by atoms with van der Waals surface area (Å²) in [4.78, 5) is 30.6. The van der Waals surface area contributed by atoms with Gasteiger partial charge in [0.1, 0.15) is 6.29 Å². The second-order valence-corrected chi connectivity index (χ2v) is 9.28. The van der Waals surface area contributed by atoms with Gasteiger partial charge in [-0.25, -0.2) is 0 Å². The van der Waals surface area contributed by atoms with Crippen LogP contribution in [-0.4, -0.2) is 46.6 Å². The summed E-state index contributed by atoms with van der Waals surface area (Å²) in [6.45, 7) is 8.41. The van der Waals surface area contributed by atoms with Gasteiger partial charge in [-0.3, -0.25) is 19.8 Å². The van der Waals surface area contributed by atoms with Crippen molar-refractivity contribution in [2.75, 3.05) is 7.05 Å². The van der Waals surface area contributed by atoms with Crippen LogP contribution in [0.25, 0.3) is 0 Å². The molecule has 0 aromatic carbocycles. The first-order valence-electron chi connectivity index (χ1n) is 10.00. The second kappa shape index (κ2) is 6.34. The zero-order valence-electron chi connectivity index (χ0n) is 16.8. The van der Waals surface area contributed by atoms with Gasteiger partial charge in [0.25, 0.3) is 5.91 Å². The van der Waals surface area contributed by atoms with E-state index in [0.717, 1.165) is 36.2 Å². The quantitative estimate of drug-likeness (QED) is 0.636. The Bertz CT molecular complexity index is 765. The number of H-pyrrole nitrogens is 1. The van der Waals surface area contributed by atoms with Gasteiger partial charge >= 0.3 is 0 Å². The maximum Gasteiger partial charge on any atom is 0.253 e. The molecule has 5 atom stereocenters. The number of fused-ring (bicyclic) bond motifs is 2. The molecule has 4 unspecified atom stereocenters. The molecule has 1 aromatic heterocycles. The van der Waals surface area contributed by atoms with E-state index in [-0.39, 0.29) is 47.6 Å². The molecule has 2 fully saturated rings. The van der Waals surface area contributed by atoms with Crippen LogP contribution in [0.3, 0.4) is 0 Å². The second-order valence-electron chi connectivity index (χ2n) is 9.28. The summed E-state index contributed by atoms with van der Waals surface area (Å²) >= 11 is 0. The molecule has 7 nitrogen and oxygen atoms in total. The molecule has 148 valence electrons. The van der Waals surface area contributed by atoms with Crippen molar-refractivity contribution in [3.63, 3.8) is 0 Å². The van der Waals surface area contributed by atoms with Crippen LogP contribution in [0.4, 0.5) is 0 Å². The van der Waals surface area contributed by atoms with E-state index in [9.17, 15) is 9.59 Å². The van der Waals surface area contributed by atoms with Crippen LogP contribution >= 0.6 is 0 Å². The van der Waals surface area contributed by atoms with Crippen molar-refractivity contribution in [3.8, 4) is 0 Å². The normalized spacial score (nSPS) is 33.5. The molecule has 0 radical (unpaired) electrons. The lowest BCUT2D eigenvalue weighted by molar-refractivity contribution is -0.135. The van der Waals surface area contributed by atoms with E-state index in [2.05, 4.69) is 46.6 Å². The average Bonchev–Trinajstić information content (AvgIpc) is 3.14. The summed E-state index contributed by atoms with van der Waals surface area (Å²) in [5.41, 5.74) is 2.74. The van der Waals surface area contributed by atoms with Gasteiger partial charge < -0.3 is 15.6 Å². The minimum Gasteiger partial charge on any atom is -0.360 e. The highest BCUT2D eigenvalue weighted by molar-refractivity contribution is 5.99. The van der Waals surface area contributed by atoms with Crippen molar-refractivity contribution in [1.29, 1.82) is 0 Å². The molecular weight excluding hydrogens is 342 g/mol. The minimum absolute atomic E-state index is 0.00736. The number of aromatic amines is 1. The first-order chi connectivity index (χ1) is 12.7. The van der Waals surface area contributed by atoms with Crippen molar-refractivity contribution in [2.45, 2.75) is 76.8 Å². The zero-order chi connectivity index (χ0) is 19.5. The number of rotatable bonds is 2. The first kappa shape index (κ1) is 18.5. The molecule has 4 N–H and O–H groups in total. The van der Waals surface area contributed by atoms with E-state index in [1.165, 1.54) is 0 Å². The number of carbonyl (C=O) groups excluding carboxylic acids is 2. The molecule has 3 aliphatic rings. The molecule has 4 rings (SSSR count). The highest BCUT2D eigenvalue weighted by atomic mass is 16.2. The van der Waals surface area contributed by atoms with Crippen LogP contribution in [0.2, 0.25) is 0 Å². The number of aromatic nitrogens is 1. The highest BCUT2D eigenvalue weighted by Crippen LogP contribution is 2.40. The number of amides is 2. The Morgan fingerprint density at radius 2 is 1.81 bits per heavy atom. The molecule has 7 heteroatoms. The predicted molar refractivity (Wildman–Crippen MR) is 103 cm³/mol. The lowest BCUT2D eigenvalue weighted by atomic mass is 9.74. The lowest BCUT2D eigenvalue weighted by Gasteiger charge is -2.49. The smallest absolute Gasteiger partial charge is 0.253 e. The molecule has 2 amide bonds. The fraction of sp³-hybridized carbons (Fsp3) is 0.700. The summed E-state index contributed by atoms with van der Waals surface area (Å²) in [6, 6.07) is 2.08. The summed E-state index contributed by atoms with van der Waals surface area (Å²) in [7, 11) is 2.03. The van der Waals surface area contributed by atoms with Crippen LogP contribution in [-0.2, 0) is 4.79 Å². The molecule has 2 aliphatic heterocycles. The number of nitrogens with zero attached hydrogens (tertiary/aromatic N) is 1. The van der Waals surface area contributed by atoms with E-state index >= 15 is 0 Å². The molecule has 3 heterocycles. The maximum absolute atomic E-state index is 12.8. The van der Waals surface area contributed by atoms with Crippen molar-refractivity contribution >= 4 is 11.8 Å². The van der Waals surface area contributed by atoms with Gasteiger partial charge in [-0.2, -0.15) is 0 Å². The van der Waals surface area contributed by atoms with Crippen LogP contribution in [0.5, 0.6) is 0 Å². The highest BCUT2D eigenvalue weighted by Gasteiger charge is 2.45. The van der Waals surface area contributed by atoms with Gasteiger partial charge in [0.2, 0.25) is 5.91 Å². The third-order valence-electron chi connectivity index (χ3n) is 6.60. The van der Waals surface area contributed by atoms with Gasteiger partial charge in [0, 0.05) is 23.2 Å². The average molecular weight is 374 g/mol. The van der Waals surface area contributed by atoms with Crippen LogP contribution in [0, 0.1) is 5.92 Å². The standard InChI is InChI=1S/C20H31N5O2/c1-10-15-13(18(27)21-10)9-14(22-15)11-7-6-8-12-16(11)23-19(24-17(12)26)25(5)20(2,3)4/h9-12,16,19,22-23H,6-8H2,1-5H3,(H,21,27)(H,24,26)/t10-,11?,12?,16?,19?/m1/s1. The third-order valence-corrected chi connectivity index (χ3v) is 6.60. The Hall–Kier alpha value is -1.86. The summed E-state index contributed by atoms with van der Waals surface area (Å²) < 4.78 is 0. The van der Waals surface area contributed by atoms with Crippen molar-refractivity contribution in [3.05, 3.63) is 23.0 Å². The first-order valence-corrected chi connectivity index (χ1v) is 10.00. The minimum atomic E-state index is -0.191. The predicted octanol–water partition coefficient (Wildman–Crippen LogP) is 1.80. The van der Waals surface area contributed by atoms with Crippen molar-refractivity contribution < 1.29 is 9.59 Å². The van der Waals surface area contributed by atoms with Gasteiger partial charge in [0.15, 0.2) is 0 Å². The number of hydrogen-bond donors (Lipinski definition) is 4.